The lowest BCUT2D eigenvalue weighted by Gasteiger charge is -2.25. The minimum Gasteiger partial charge on any atom is -0.420 e. The number of likely N-dealkylation sites (N-methyl/N-ethyl adjacent to an activating group) is 1. The van der Waals surface area contributed by atoms with Crippen molar-refractivity contribution >= 4 is 40.8 Å². The molecule has 0 aliphatic carbocycles. The van der Waals surface area contributed by atoms with Crippen LogP contribution in [0.4, 0.5) is 36.4 Å². The van der Waals surface area contributed by atoms with Gasteiger partial charge in [0.2, 0.25) is 17.4 Å². The Hall–Kier alpha value is -4.75. The number of benzene rings is 1. The molecule has 82 heavy (non-hydrogen) atoms. The number of ether oxygens (including phenoxy) is 10. The highest BCUT2D eigenvalue weighted by molar-refractivity contribution is 7.13. The molecule has 19 nitrogen and oxygen atoms in total. The number of aliphatic hydroxyl groups excluding tert-OH is 1. The van der Waals surface area contributed by atoms with Gasteiger partial charge >= 0.3 is 12.1 Å². The number of aryl methyl sites for hydroxylation is 1. The summed E-state index contributed by atoms with van der Waals surface area (Å²) in [7, 11) is 3.58. The van der Waals surface area contributed by atoms with E-state index in [4.69, 9.17) is 53.5 Å². The zero-order valence-corrected chi connectivity index (χ0v) is 47.8. The molecule has 0 unspecified atom stereocenters. The van der Waals surface area contributed by atoms with Gasteiger partial charge in [-0.1, -0.05) is 13.3 Å². The SMILES string of the molecule is CCCN(Cc1cnc(CN(C)COCCOCCC(=O)Oc2c(F)c(F)cc(F)c2F)c(C(F)(F)F)c1)C(=O)C1=Cc2sc(CCCCCN(C)CCOCCOCCOCCOCCOCCOCCOCCO)cc2N=C(N)C1. The number of amidine groups is 1. The largest absolute Gasteiger partial charge is 0.420 e. The first kappa shape index (κ1) is 69.7. The van der Waals surface area contributed by atoms with Crippen molar-refractivity contribution in [3.63, 3.8) is 0 Å². The van der Waals surface area contributed by atoms with Gasteiger partial charge in [0, 0.05) is 55.3 Å². The van der Waals surface area contributed by atoms with Crippen LogP contribution in [-0.4, -0.2) is 202 Å². The van der Waals surface area contributed by atoms with Crippen LogP contribution < -0.4 is 10.5 Å². The van der Waals surface area contributed by atoms with Crippen molar-refractivity contribution in [2.24, 2.45) is 10.7 Å². The fourth-order valence-corrected chi connectivity index (χ4v) is 8.93. The number of pyridine rings is 1. The molecule has 4 rings (SSSR count). The van der Waals surface area contributed by atoms with Crippen LogP contribution in [0, 0.1) is 23.3 Å². The zero-order valence-electron chi connectivity index (χ0n) is 47.0. The van der Waals surface area contributed by atoms with E-state index in [0.717, 1.165) is 54.6 Å². The lowest BCUT2D eigenvalue weighted by Crippen LogP contribution is -2.33. The molecule has 1 aliphatic rings. The standard InChI is InChI=1S/C55H79F7N6O13S/c1-4-10-68(37-40-31-43(55(60,61)62)47(64-36-40)38-67(3)39-80-30-29-72-14-9-50(70)81-53-51(58)44(56)35-45(57)52(53)59)54(71)41-32-48-46(65-49(63)33-41)34-42(82-48)8-6-5-7-11-66(2)12-15-73-17-19-75-21-23-77-25-27-79-28-26-78-24-22-76-20-18-74-16-13-69/h31-32,34-36,69H,4-30,33,37-39H2,1-3H3,(H2,63,65). The number of aromatic nitrogens is 1. The van der Waals surface area contributed by atoms with Crippen molar-refractivity contribution in [1.82, 2.24) is 19.7 Å². The van der Waals surface area contributed by atoms with Gasteiger partial charge in [0.05, 0.1) is 154 Å². The molecule has 0 atom stereocenters. The van der Waals surface area contributed by atoms with E-state index in [9.17, 15) is 40.3 Å². The summed E-state index contributed by atoms with van der Waals surface area (Å²) in [4.78, 5) is 41.9. The molecule has 462 valence electrons. The van der Waals surface area contributed by atoms with E-state index in [0.29, 0.717) is 110 Å². The van der Waals surface area contributed by atoms with Crippen molar-refractivity contribution in [1.29, 1.82) is 0 Å². The summed E-state index contributed by atoms with van der Waals surface area (Å²) >= 11 is 1.54. The van der Waals surface area contributed by atoms with Crippen molar-refractivity contribution in [2.75, 3.05) is 159 Å². The number of thiophene rings is 1. The van der Waals surface area contributed by atoms with Gasteiger partial charge in [-0.3, -0.25) is 19.5 Å². The third-order valence-electron chi connectivity index (χ3n) is 11.9. The van der Waals surface area contributed by atoms with Gasteiger partial charge in [0.15, 0.2) is 11.6 Å². The van der Waals surface area contributed by atoms with E-state index in [-0.39, 0.29) is 88.3 Å². The predicted molar refractivity (Wildman–Crippen MR) is 291 cm³/mol. The number of aliphatic imine (C=N–C) groups is 1. The van der Waals surface area contributed by atoms with E-state index in [1.807, 2.05) is 13.0 Å². The zero-order chi connectivity index (χ0) is 59.5. The number of halogens is 7. The second-order valence-electron chi connectivity index (χ2n) is 18.8. The quantitative estimate of drug-likeness (QED) is 0.0144. The van der Waals surface area contributed by atoms with Gasteiger partial charge in [0.1, 0.15) is 5.84 Å². The first-order valence-electron chi connectivity index (χ1n) is 27.2. The number of alkyl halides is 3. The number of carbonyl (C=O) groups excluding carboxylic acids is 2. The van der Waals surface area contributed by atoms with Crippen LogP contribution in [-0.2, 0) is 77.9 Å². The molecule has 0 fully saturated rings. The summed E-state index contributed by atoms with van der Waals surface area (Å²) in [6.07, 6.45) is 2.20. The van der Waals surface area contributed by atoms with Crippen LogP contribution in [0.3, 0.4) is 0 Å². The highest BCUT2D eigenvalue weighted by atomic mass is 32.1. The summed E-state index contributed by atoms with van der Waals surface area (Å²) in [6, 6.07) is 2.96. The van der Waals surface area contributed by atoms with E-state index in [2.05, 4.69) is 26.7 Å². The van der Waals surface area contributed by atoms with Crippen molar-refractivity contribution in [3.8, 4) is 5.75 Å². The molecule has 3 N–H and O–H groups in total. The number of hydrogen-bond acceptors (Lipinski definition) is 19. The maximum atomic E-state index is 14.5. The van der Waals surface area contributed by atoms with Gasteiger partial charge < -0.3 is 68.0 Å². The summed E-state index contributed by atoms with van der Waals surface area (Å²) in [5.41, 5.74) is 6.33. The summed E-state index contributed by atoms with van der Waals surface area (Å²) in [5, 5.41) is 8.64. The molecule has 0 saturated heterocycles. The highest BCUT2D eigenvalue weighted by Gasteiger charge is 2.35. The number of nitrogens with zero attached hydrogens (tertiary/aromatic N) is 5. The molecule has 1 aromatic carbocycles. The minimum absolute atomic E-state index is 0.000189. The minimum atomic E-state index is -4.77. The predicted octanol–water partition coefficient (Wildman–Crippen LogP) is 7.10. The molecule has 3 heterocycles. The normalized spacial score (nSPS) is 12.7. The van der Waals surface area contributed by atoms with E-state index >= 15 is 0 Å². The topological polar surface area (TPSA) is 208 Å². The summed E-state index contributed by atoms with van der Waals surface area (Å²) in [5.74, 6) is -10.1. The van der Waals surface area contributed by atoms with Gasteiger partial charge in [-0.2, -0.15) is 22.0 Å². The van der Waals surface area contributed by atoms with Gasteiger partial charge in [-0.25, -0.2) is 13.8 Å². The van der Waals surface area contributed by atoms with E-state index < -0.39 is 53.1 Å². The van der Waals surface area contributed by atoms with E-state index in [1.54, 1.807) is 6.08 Å². The molecule has 3 aromatic rings. The highest BCUT2D eigenvalue weighted by Crippen LogP contribution is 2.37. The molecule has 0 saturated carbocycles. The Bertz CT molecular complexity index is 2380. The Morgan fingerprint density at radius 2 is 1.24 bits per heavy atom. The lowest BCUT2D eigenvalue weighted by atomic mass is 10.1. The summed E-state index contributed by atoms with van der Waals surface area (Å²) in [6.45, 7) is 9.38. The van der Waals surface area contributed by atoms with Crippen molar-refractivity contribution in [3.05, 3.63) is 79.8 Å². The number of unbranched alkanes of at least 4 members (excludes halogenated alkanes) is 2. The molecule has 27 heteroatoms. The number of esters is 1. The average Bonchev–Trinajstić information content (AvgIpc) is 3.77. The Morgan fingerprint density at radius 3 is 1.82 bits per heavy atom. The second kappa shape index (κ2) is 39.7. The smallest absolute Gasteiger partial charge is 0.418 e. The molecule has 1 amide bonds. The number of fused-ring (bicyclic) bond motifs is 1. The Kier molecular flexibility index (Phi) is 33.8. The molecule has 0 radical (unpaired) electrons. The third kappa shape index (κ3) is 27.3. The Labute approximate surface area is 478 Å². The average molecular weight is 1200 g/mol. The monoisotopic (exact) mass is 1200 g/mol. The molecule has 0 bridgehead atoms. The Morgan fingerprint density at radius 1 is 0.683 bits per heavy atom. The lowest BCUT2D eigenvalue weighted by molar-refractivity contribution is -0.139. The van der Waals surface area contributed by atoms with Crippen molar-refractivity contribution in [2.45, 2.75) is 71.1 Å². The van der Waals surface area contributed by atoms with Crippen LogP contribution in [0.25, 0.3) is 6.08 Å². The Balaban J connectivity index is 1.10. The van der Waals surface area contributed by atoms with Crippen LogP contribution in [0.1, 0.15) is 72.0 Å². The van der Waals surface area contributed by atoms with Crippen LogP contribution in [0.2, 0.25) is 0 Å². The fourth-order valence-electron chi connectivity index (χ4n) is 7.82. The first-order chi connectivity index (χ1) is 39.5. The summed E-state index contributed by atoms with van der Waals surface area (Å²) < 4.78 is 151. The molecular formula is C55H79F7N6O13S. The number of aliphatic hydroxyl groups is 1. The maximum absolute atomic E-state index is 14.5. The van der Waals surface area contributed by atoms with Crippen LogP contribution >= 0.6 is 11.3 Å². The maximum Gasteiger partial charge on any atom is 0.418 e. The van der Waals surface area contributed by atoms with Gasteiger partial charge in [-0.05, 0) is 70.1 Å². The van der Waals surface area contributed by atoms with Gasteiger partial charge in [-0.15, -0.1) is 11.3 Å². The fraction of sp³-hybridized carbons (Fsp3) is 0.636. The van der Waals surface area contributed by atoms with Crippen LogP contribution in [0.5, 0.6) is 5.75 Å². The number of nitrogens with two attached hydrogens (primary N) is 1. The first-order valence-corrected chi connectivity index (χ1v) is 28.0. The number of hydrogen-bond donors (Lipinski definition) is 2. The molecule has 2 aromatic heterocycles. The third-order valence-corrected chi connectivity index (χ3v) is 13.0. The number of amides is 1. The molecule has 1 aliphatic heterocycles. The molecule has 0 spiro atoms. The van der Waals surface area contributed by atoms with Crippen molar-refractivity contribution < 1.29 is 92.8 Å². The van der Waals surface area contributed by atoms with Gasteiger partial charge in [0.25, 0.3) is 5.91 Å². The molecular weight excluding hydrogens is 1120 g/mol. The van der Waals surface area contributed by atoms with E-state index in [1.165, 1.54) is 34.4 Å². The van der Waals surface area contributed by atoms with Crippen LogP contribution in [0.15, 0.2) is 35.0 Å². The number of rotatable bonds is 45. The second-order valence-corrected chi connectivity index (χ2v) is 20.0. The number of carbonyl (C=O) groups is 2.